The summed E-state index contributed by atoms with van der Waals surface area (Å²) < 4.78 is 18.0. The molecule has 1 aromatic carbocycles. The van der Waals surface area contributed by atoms with Crippen LogP contribution in [-0.2, 0) is 4.79 Å². The van der Waals surface area contributed by atoms with E-state index in [0.717, 1.165) is 13.0 Å². The Hall–Kier alpha value is -1.58. The summed E-state index contributed by atoms with van der Waals surface area (Å²) in [6.07, 6.45) is 1.59. The van der Waals surface area contributed by atoms with Gasteiger partial charge in [0.25, 0.3) is 0 Å². The van der Waals surface area contributed by atoms with Gasteiger partial charge in [0.1, 0.15) is 18.2 Å². The number of carbonyl (C=O) groups is 1. The maximum Gasteiger partial charge on any atom is 0.222 e. The average molecular weight is 223 g/mol. The molecule has 0 bridgehead atoms. The first-order chi connectivity index (χ1) is 7.75. The van der Waals surface area contributed by atoms with E-state index in [0.29, 0.717) is 25.3 Å². The predicted molar refractivity (Wildman–Crippen MR) is 57.7 cm³/mol. The molecule has 0 radical (unpaired) electrons. The van der Waals surface area contributed by atoms with Gasteiger partial charge in [0.2, 0.25) is 5.91 Å². The molecule has 0 unspecified atom stereocenters. The molecule has 0 aromatic heterocycles. The topological polar surface area (TPSA) is 29.5 Å². The van der Waals surface area contributed by atoms with Crippen molar-refractivity contribution in [2.45, 2.75) is 12.8 Å². The van der Waals surface area contributed by atoms with Crippen molar-refractivity contribution in [2.75, 3.05) is 19.7 Å². The first-order valence-electron chi connectivity index (χ1n) is 5.42. The van der Waals surface area contributed by atoms with E-state index >= 15 is 0 Å². The molecule has 3 nitrogen and oxygen atoms in total. The van der Waals surface area contributed by atoms with E-state index in [9.17, 15) is 9.18 Å². The maximum absolute atomic E-state index is 12.6. The fraction of sp³-hybridized carbons (Fsp3) is 0.417. The summed E-state index contributed by atoms with van der Waals surface area (Å²) in [5.74, 6) is 0.554. The lowest BCUT2D eigenvalue weighted by molar-refractivity contribution is -0.128. The van der Waals surface area contributed by atoms with Crippen molar-refractivity contribution >= 4 is 5.91 Å². The van der Waals surface area contributed by atoms with Gasteiger partial charge in [0.05, 0.1) is 6.54 Å². The first kappa shape index (κ1) is 10.9. The largest absolute Gasteiger partial charge is 0.492 e. The smallest absolute Gasteiger partial charge is 0.222 e. The first-order valence-corrected chi connectivity index (χ1v) is 5.42. The van der Waals surface area contributed by atoms with Gasteiger partial charge in [-0.15, -0.1) is 0 Å². The molecule has 1 heterocycles. The number of carbonyl (C=O) groups excluding carboxylic acids is 1. The van der Waals surface area contributed by atoms with E-state index in [-0.39, 0.29) is 11.7 Å². The Bertz CT molecular complexity index is 364. The highest BCUT2D eigenvalue weighted by Crippen LogP contribution is 2.12. The summed E-state index contributed by atoms with van der Waals surface area (Å²) in [7, 11) is 0. The van der Waals surface area contributed by atoms with Crippen molar-refractivity contribution < 1.29 is 13.9 Å². The second kappa shape index (κ2) is 4.96. The van der Waals surface area contributed by atoms with Gasteiger partial charge >= 0.3 is 0 Å². The van der Waals surface area contributed by atoms with E-state index in [1.807, 2.05) is 0 Å². The van der Waals surface area contributed by atoms with Crippen LogP contribution >= 0.6 is 0 Å². The molecule has 1 aliphatic rings. The molecule has 0 spiro atoms. The molecule has 0 N–H and O–H groups in total. The molecule has 2 rings (SSSR count). The highest BCUT2D eigenvalue weighted by molar-refractivity contribution is 5.78. The quantitative estimate of drug-likeness (QED) is 0.779. The lowest BCUT2D eigenvalue weighted by atomic mass is 10.3. The van der Waals surface area contributed by atoms with E-state index in [4.69, 9.17) is 4.74 Å². The molecule has 16 heavy (non-hydrogen) atoms. The molecule has 0 saturated carbocycles. The SMILES string of the molecule is O=C1CCCN1CCOc1ccc(F)cc1. The van der Waals surface area contributed by atoms with Gasteiger partial charge in [-0.05, 0) is 30.7 Å². The Morgan fingerprint density at radius 3 is 2.69 bits per heavy atom. The Labute approximate surface area is 93.8 Å². The Morgan fingerprint density at radius 2 is 2.06 bits per heavy atom. The molecule has 0 aliphatic carbocycles. The zero-order chi connectivity index (χ0) is 11.4. The summed E-state index contributed by atoms with van der Waals surface area (Å²) in [4.78, 5) is 13.1. The third-order valence-electron chi connectivity index (χ3n) is 2.61. The van der Waals surface area contributed by atoms with Crippen LogP contribution in [0.3, 0.4) is 0 Å². The van der Waals surface area contributed by atoms with E-state index in [2.05, 4.69) is 0 Å². The summed E-state index contributed by atoms with van der Waals surface area (Å²) in [6, 6.07) is 5.88. The number of ether oxygens (including phenoxy) is 1. The van der Waals surface area contributed by atoms with Gasteiger partial charge in [-0.1, -0.05) is 0 Å². The van der Waals surface area contributed by atoms with E-state index < -0.39 is 0 Å². The van der Waals surface area contributed by atoms with Crippen LogP contribution in [0, 0.1) is 5.82 Å². The summed E-state index contributed by atoms with van der Waals surface area (Å²) in [5.41, 5.74) is 0. The lowest BCUT2D eigenvalue weighted by Gasteiger charge is -2.15. The highest BCUT2D eigenvalue weighted by Gasteiger charge is 2.19. The van der Waals surface area contributed by atoms with Gasteiger partial charge in [-0.3, -0.25) is 4.79 Å². The fourth-order valence-corrected chi connectivity index (χ4v) is 1.74. The number of benzene rings is 1. The Balaban J connectivity index is 1.75. The molecule has 1 aromatic rings. The molecule has 1 amide bonds. The minimum atomic E-state index is -0.276. The molecule has 1 fully saturated rings. The predicted octanol–water partition coefficient (Wildman–Crippen LogP) is 1.83. The third kappa shape index (κ3) is 2.72. The number of halogens is 1. The summed E-state index contributed by atoms with van der Waals surface area (Å²) in [6.45, 7) is 1.89. The molecular formula is C12H14FNO2. The average Bonchev–Trinajstić information content (AvgIpc) is 2.68. The van der Waals surface area contributed by atoms with Crippen molar-refractivity contribution in [3.8, 4) is 5.75 Å². The van der Waals surface area contributed by atoms with Crippen LogP contribution in [0.5, 0.6) is 5.75 Å². The molecule has 0 atom stereocenters. The number of likely N-dealkylation sites (tertiary alicyclic amines) is 1. The standard InChI is InChI=1S/C12H14FNO2/c13-10-3-5-11(6-4-10)16-9-8-14-7-1-2-12(14)15/h3-6H,1-2,7-9H2. The van der Waals surface area contributed by atoms with Crippen molar-refractivity contribution in [2.24, 2.45) is 0 Å². The third-order valence-corrected chi connectivity index (χ3v) is 2.61. The van der Waals surface area contributed by atoms with Crippen LogP contribution in [0.2, 0.25) is 0 Å². The zero-order valence-corrected chi connectivity index (χ0v) is 8.99. The van der Waals surface area contributed by atoms with Crippen molar-refractivity contribution in [1.82, 2.24) is 4.90 Å². The van der Waals surface area contributed by atoms with Crippen molar-refractivity contribution in [3.63, 3.8) is 0 Å². The number of hydrogen-bond acceptors (Lipinski definition) is 2. The van der Waals surface area contributed by atoms with Gasteiger partial charge in [0.15, 0.2) is 0 Å². The molecule has 1 aliphatic heterocycles. The van der Waals surface area contributed by atoms with Crippen molar-refractivity contribution in [3.05, 3.63) is 30.1 Å². The van der Waals surface area contributed by atoms with Gasteiger partial charge in [-0.2, -0.15) is 0 Å². The lowest BCUT2D eigenvalue weighted by Crippen LogP contribution is -2.29. The Kier molecular flexibility index (Phi) is 3.39. The number of rotatable bonds is 4. The van der Waals surface area contributed by atoms with Crippen LogP contribution in [0.4, 0.5) is 4.39 Å². The van der Waals surface area contributed by atoms with Crippen LogP contribution < -0.4 is 4.74 Å². The van der Waals surface area contributed by atoms with Crippen LogP contribution in [0.1, 0.15) is 12.8 Å². The van der Waals surface area contributed by atoms with Crippen LogP contribution in [-0.4, -0.2) is 30.5 Å². The van der Waals surface area contributed by atoms with Crippen LogP contribution in [0.15, 0.2) is 24.3 Å². The molecular weight excluding hydrogens is 209 g/mol. The van der Waals surface area contributed by atoms with E-state index in [1.54, 1.807) is 17.0 Å². The zero-order valence-electron chi connectivity index (χ0n) is 8.99. The van der Waals surface area contributed by atoms with E-state index in [1.165, 1.54) is 12.1 Å². The number of amides is 1. The molecule has 4 heteroatoms. The normalized spacial score (nSPS) is 15.6. The van der Waals surface area contributed by atoms with Gasteiger partial charge in [-0.25, -0.2) is 4.39 Å². The summed E-state index contributed by atoms with van der Waals surface area (Å²) in [5, 5.41) is 0. The molecule has 1 saturated heterocycles. The highest BCUT2D eigenvalue weighted by atomic mass is 19.1. The summed E-state index contributed by atoms with van der Waals surface area (Å²) >= 11 is 0. The second-order valence-corrected chi connectivity index (χ2v) is 3.79. The monoisotopic (exact) mass is 223 g/mol. The number of hydrogen-bond donors (Lipinski definition) is 0. The maximum atomic E-state index is 12.6. The van der Waals surface area contributed by atoms with Gasteiger partial charge < -0.3 is 9.64 Å². The molecule has 86 valence electrons. The minimum absolute atomic E-state index is 0.197. The van der Waals surface area contributed by atoms with Crippen molar-refractivity contribution in [1.29, 1.82) is 0 Å². The van der Waals surface area contributed by atoms with Crippen LogP contribution in [0.25, 0.3) is 0 Å². The number of nitrogens with zero attached hydrogens (tertiary/aromatic N) is 1. The second-order valence-electron chi connectivity index (χ2n) is 3.79. The van der Waals surface area contributed by atoms with Gasteiger partial charge in [0, 0.05) is 13.0 Å². The fourth-order valence-electron chi connectivity index (χ4n) is 1.74. The minimum Gasteiger partial charge on any atom is -0.492 e. The Morgan fingerprint density at radius 1 is 1.31 bits per heavy atom.